The first kappa shape index (κ1) is 13.6. The van der Waals surface area contributed by atoms with Crippen molar-refractivity contribution in [3.05, 3.63) is 0 Å². The minimum atomic E-state index is -1.40. The topological polar surface area (TPSA) is 63.6 Å². The van der Waals surface area contributed by atoms with E-state index >= 15 is 0 Å². The second-order valence-corrected chi connectivity index (χ2v) is 5.90. The lowest BCUT2D eigenvalue weighted by Gasteiger charge is -2.18. The van der Waals surface area contributed by atoms with Crippen LogP contribution in [-0.2, 0) is 20.3 Å². The van der Waals surface area contributed by atoms with Crippen molar-refractivity contribution < 1.29 is 18.8 Å². The number of hydrogen-bond acceptors (Lipinski definition) is 3. The molecule has 0 rings (SSSR count). The molecule has 0 aliphatic heterocycles. The molecule has 0 heterocycles. The zero-order chi connectivity index (χ0) is 11.4. The molecule has 0 aliphatic carbocycles. The van der Waals surface area contributed by atoms with E-state index in [9.17, 15) is 9.00 Å². The molecule has 0 fully saturated rings. The van der Waals surface area contributed by atoms with Gasteiger partial charge in [-0.25, -0.2) is 0 Å². The predicted molar refractivity (Wildman–Crippen MR) is 55.8 cm³/mol. The molecule has 1 unspecified atom stereocenters. The van der Waals surface area contributed by atoms with Crippen LogP contribution in [0.5, 0.6) is 0 Å². The van der Waals surface area contributed by atoms with Crippen LogP contribution in [-0.4, -0.2) is 38.5 Å². The summed E-state index contributed by atoms with van der Waals surface area (Å²) in [5, 5.41) is 8.79. The molecule has 1 atom stereocenters. The van der Waals surface area contributed by atoms with Crippen LogP contribution in [0.4, 0.5) is 0 Å². The molecule has 0 aromatic rings. The average molecular weight is 222 g/mol. The van der Waals surface area contributed by atoms with Crippen LogP contribution >= 0.6 is 0 Å². The molecule has 0 aromatic carbocycles. The first-order valence-electron chi connectivity index (χ1n) is 4.52. The Morgan fingerprint density at radius 2 is 2.00 bits per heavy atom. The van der Waals surface area contributed by atoms with Gasteiger partial charge in [-0.2, -0.15) is 0 Å². The highest BCUT2D eigenvalue weighted by atomic mass is 32.2. The van der Waals surface area contributed by atoms with E-state index in [1.54, 1.807) is 0 Å². The van der Waals surface area contributed by atoms with Gasteiger partial charge in [-0.3, -0.25) is 9.00 Å². The van der Waals surface area contributed by atoms with Crippen molar-refractivity contribution in [3.63, 3.8) is 0 Å². The van der Waals surface area contributed by atoms with Crippen LogP contribution < -0.4 is 0 Å². The van der Waals surface area contributed by atoms with Crippen molar-refractivity contribution in [1.29, 1.82) is 0 Å². The summed E-state index contributed by atoms with van der Waals surface area (Å²) in [6.45, 7) is 7.01. The fourth-order valence-corrected chi connectivity index (χ4v) is 1.66. The Balaban J connectivity index is 4.03. The van der Waals surface area contributed by atoms with E-state index < -0.39 is 21.5 Å². The van der Waals surface area contributed by atoms with Gasteiger partial charge in [0.05, 0.1) is 12.7 Å². The molecular weight excluding hydrogens is 204 g/mol. The van der Waals surface area contributed by atoms with E-state index in [0.29, 0.717) is 6.61 Å². The van der Waals surface area contributed by atoms with Gasteiger partial charge in [0.2, 0.25) is 0 Å². The molecule has 84 valence electrons. The maximum atomic E-state index is 11.5. The van der Waals surface area contributed by atoms with Crippen LogP contribution in [0, 0.1) is 0 Å². The van der Waals surface area contributed by atoms with E-state index in [-0.39, 0.29) is 11.9 Å². The average Bonchev–Trinajstić information content (AvgIpc) is 2.02. The maximum Gasteiger partial charge on any atom is 0.321 e. The summed E-state index contributed by atoms with van der Waals surface area (Å²) in [6, 6.07) is 0. The van der Waals surface area contributed by atoms with Gasteiger partial charge < -0.3 is 9.84 Å². The minimum absolute atomic E-state index is 0.0833. The fraction of sp³-hybridized carbons (Fsp3) is 0.889. The molecule has 0 amide bonds. The number of carbonyl (C=O) groups is 1. The molecule has 4 nitrogen and oxygen atoms in total. The number of ether oxygens (including phenoxy) is 1. The molecule has 0 saturated carbocycles. The van der Waals surface area contributed by atoms with E-state index in [4.69, 9.17) is 9.84 Å². The lowest BCUT2D eigenvalue weighted by molar-refractivity contribution is -0.139. The maximum absolute atomic E-state index is 11.5. The van der Waals surface area contributed by atoms with Gasteiger partial charge in [-0.1, -0.05) is 0 Å². The van der Waals surface area contributed by atoms with E-state index in [1.165, 1.54) is 13.8 Å². The Morgan fingerprint density at radius 1 is 1.50 bits per heavy atom. The Morgan fingerprint density at radius 3 is 2.36 bits per heavy atom. The van der Waals surface area contributed by atoms with Crippen LogP contribution in [0.25, 0.3) is 0 Å². The third kappa shape index (κ3) is 4.19. The molecule has 0 spiro atoms. The van der Waals surface area contributed by atoms with E-state index in [0.717, 1.165) is 0 Å². The summed E-state index contributed by atoms with van der Waals surface area (Å²) in [4.78, 5) is 10.7. The monoisotopic (exact) mass is 222 g/mol. The molecule has 0 aliphatic rings. The third-order valence-electron chi connectivity index (χ3n) is 1.80. The summed E-state index contributed by atoms with van der Waals surface area (Å²) >= 11 is 0. The molecule has 1 N–H and O–H groups in total. The second kappa shape index (κ2) is 5.46. The van der Waals surface area contributed by atoms with Crippen molar-refractivity contribution in [2.75, 3.05) is 12.4 Å². The van der Waals surface area contributed by atoms with Crippen molar-refractivity contribution in [2.45, 2.75) is 38.5 Å². The van der Waals surface area contributed by atoms with Crippen molar-refractivity contribution in [3.8, 4) is 0 Å². The zero-order valence-electron chi connectivity index (χ0n) is 9.07. The van der Waals surface area contributed by atoms with Crippen LogP contribution in [0.3, 0.4) is 0 Å². The number of aliphatic carboxylic acids is 1. The fourth-order valence-electron chi connectivity index (χ4n) is 0.712. The molecule has 5 heteroatoms. The molecule has 0 aromatic heterocycles. The van der Waals surface area contributed by atoms with Crippen LogP contribution in [0.2, 0.25) is 0 Å². The van der Waals surface area contributed by atoms with Gasteiger partial charge in [0.15, 0.2) is 0 Å². The smallest absolute Gasteiger partial charge is 0.321 e. The van der Waals surface area contributed by atoms with Gasteiger partial charge in [-0.05, 0) is 27.7 Å². The van der Waals surface area contributed by atoms with Gasteiger partial charge >= 0.3 is 5.97 Å². The first-order valence-corrected chi connectivity index (χ1v) is 5.84. The second-order valence-electron chi connectivity index (χ2n) is 3.78. The van der Waals surface area contributed by atoms with Crippen LogP contribution in [0.15, 0.2) is 0 Å². The Bertz CT molecular complexity index is 223. The molecule has 0 bridgehead atoms. The summed E-state index contributed by atoms with van der Waals surface area (Å²) in [6.07, 6.45) is 0.0833. The number of carboxylic acids is 1. The summed E-state index contributed by atoms with van der Waals surface area (Å²) < 4.78 is 15.5. The summed E-state index contributed by atoms with van der Waals surface area (Å²) in [7, 11) is -1.40. The van der Waals surface area contributed by atoms with Crippen LogP contribution in [0.1, 0.15) is 27.7 Å². The minimum Gasteiger partial charge on any atom is -0.480 e. The molecular formula is C9H18O4S. The zero-order valence-corrected chi connectivity index (χ0v) is 9.89. The highest BCUT2D eigenvalue weighted by Crippen LogP contribution is 2.13. The summed E-state index contributed by atoms with van der Waals surface area (Å²) in [5.41, 5.74) is 0. The number of carboxylic acid groups (broad SMARTS) is 1. The largest absolute Gasteiger partial charge is 0.480 e. The SMILES string of the molecule is CC(C)OCCS(=O)C(C)(C)C(=O)O. The molecule has 0 saturated heterocycles. The first-order chi connectivity index (χ1) is 6.28. The highest BCUT2D eigenvalue weighted by molar-refractivity contribution is 7.87. The Hall–Kier alpha value is -0.420. The van der Waals surface area contributed by atoms with Crippen molar-refractivity contribution in [2.24, 2.45) is 0 Å². The Kier molecular flexibility index (Phi) is 5.29. The number of rotatable bonds is 6. The third-order valence-corrected chi connectivity index (χ3v) is 3.65. The molecule has 0 radical (unpaired) electrons. The Labute approximate surface area is 87.1 Å². The van der Waals surface area contributed by atoms with Crippen molar-refractivity contribution in [1.82, 2.24) is 0 Å². The number of hydrogen-bond donors (Lipinski definition) is 1. The lowest BCUT2D eigenvalue weighted by atomic mass is 10.2. The highest BCUT2D eigenvalue weighted by Gasteiger charge is 2.33. The van der Waals surface area contributed by atoms with E-state index in [1.807, 2.05) is 13.8 Å². The standard InChI is InChI=1S/C9H18O4S/c1-7(2)13-5-6-14(12)9(3,4)8(10)11/h7H,5-6H2,1-4H3,(H,10,11). The van der Waals surface area contributed by atoms with Gasteiger partial charge in [0, 0.05) is 16.6 Å². The van der Waals surface area contributed by atoms with Gasteiger partial charge in [0.25, 0.3) is 0 Å². The summed E-state index contributed by atoms with van der Waals surface area (Å²) in [5.74, 6) is -0.780. The normalized spacial score (nSPS) is 14.4. The van der Waals surface area contributed by atoms with Crippen molar-refractivity contribution >= 4 is 16.8 Å². The quantitative estimate of drug-likeness (QED) is 0.729. The van der Waals surface area contributed by atoms with E-state index in [2.05, 4.69) is 0 Å². The van der Waals surface area contributed by atoms with Gasteiger partial charge in [0.1, 0.15) is 4.75 Å². The predicted octanol–water partition coefficient (Wildman–Crippen LogP) is 1.02. The van der Waals surface area contributed by atoms with Gasteiger partial charge in [-0.15, -0.1) is 0 Å². The molecule has 14 heavy (non-hydrogen) atoms. The lowest BCUT2D eigenvalue weighted by Crippen LogP contribution is -2.38.